The molecule has 4 saturated heterocycles. The number of fused-ring (bicyclic) bond motifs is 3. The lowest BCUT2D eigenvalue weighted by molar-refractivity contribution is -0.442. The number of carbonyl (C=O) groups is 2. The van der Waals surface area contributed by atoms with Crippen LogP contribution in [0.2, 0.25) is 19.6 Å². The topological polar surface area (TPSA) is 83.5 Å². The molecule has 5 aliphatic carbocycles. The summed E-state index contributed by atoms with van der Waals surface area (Å²) >= 11 is 4.12. The van der Waals surface area contributed by atoms with Gasteiger partial charge in [0, 0.05) is 29.5 Å². The quantitative estimate of drug-likeness (QED) is 0.287. The molecule has 198 valence electrons. The van der Waals surface area contributed by atoms with Gasteiger partial charge in [0.15, 0.2) is 14.1 Å². The van der Waals surface area contributed by atoms with E-state index < -0.39 is 36.9 Å². The molecule has 0 aromatic heterocycles. The Morgan fingerprint density at radius 2 is 1.86 bits per heavy atom. The molecule has 0 unspecified atom stereocenters. The van der Waals surface area contributed by atoms with Crippen LogP contribution in [0.4, 0.5) is 0 Å². The minimum absolute atomic E-state index is 0.0218. The van der Waals surface area contributed by atoms with Crippen molar-refractivity contribution < 1.29 is 33.0 Å². The Kier molecular flexibility index (Phi) is 4.36. The van der Waals surface area contributed by atoms with Crippen molar-refractivity contribution in [2.24, 2.45) is 28.1 Å². The van der Waals surface area contributed by atoms with Crippen LogP contribution < -0.4 is 0 Å². The molecule has 11 atom stereocenters. The summed E-state index contributed by atoms with van der Waals surface area (Å²) in [4.78, 5) is 28.4. The largest absolute Gasteiger partial charge is 0.410 e. The predicted octanol–water partition coefficient (Wildman–Crippen LogP) is 3.18. The molecule has 10 heteroatoms. The molecule has 1 amide bonds. The number of halogens is 1. The number of ketones is 1. The Balaban J connectivity index is 1.26. The summed E-state index contributed by atoms with van der Waals surface area (Å²) < 4.78 is 32.7. The van der Waals surface area contributed by atoms with Gasteiger partial charge in [-0.05, 0) is 50.7 Å². The molecule has 0 aromatic carbocycles. The van der Waals surface area contributed by atoms with Gasteiger partial charge in [-0.15, -0.1) is 0 Å². The van der Waals surface area contributed by atoms with Gasteiger partial charge < -0.3 is 23.4 Å². The molecule has 4 aliphatic heterocycles. The maximum atomic E-state index is 14.6. The number of amides is 1. The van der Waals surface area contributed by atoms with E-state index in [1.54, 1.807) is 4.90 Å². The molecule has 8 nitrogen and oxygen atoms in total. The summed E-state index contributed by atoms with van der Waals surface area (Å²) in [7, 11) is -1.97. The third kappa shape index (κ3) is 2.20. The lowest BCUT2D eigenvalue weighted by Gasteiger charge is -2.70. The van der Waals surface area contributed by atoms with Crippen LogP contribution in [0, 0.1) is 28.1 Å². The zero-order valence-electron chi connectivity index (χ0n) is 21.5. The van der Waals surface area contributed by atoms with Crippen molar-refractivity contribution in [3.8, 4) is 0 Å². The van der Waals surface area contributed by atoms with Crippen molar-refractivity contribution in [1.29, 1.82) is 0 Å². The van der Waals surface area contributed by atoms with Crippen LogP contribution in [0.3, 0.4) is 0 Å². The average molecular weight is 583 g/mol. The summed E-state index contributed by atoms with van der Waals surface area (Å²) in [6, 6.07) is -0.0785. The minimum Gasteiger partial charge on any atom is -0.410 e. The fourth-order valence-electron chi connectivity index (χ4n) is 10.8. The van der Waals surface area contributed by atoms with Crippen molar-refractivity contribution in [1.82, 2.24) is 4.90 Å². The van der Waals surface area contributed by atoms with Crippen molar-refractivity contribution in [2.75, 3.05) is 13.2 Å². The SMILES string of the molecule is C[C@]12CC(=O)[C@]34[C@@H](Br)[C@@]35[C@@H]3O[C@@H]6O[C@]5(CC[C@H]4[C@@H]1CCC21OCCO1)C[C@@H]([C@H]3O[Si](C)(C)C)N6C=O. The number of carbonyl (C=O) groups excluding carboxylic acids is 2. The van der Waals surface area contributed by atoms with Crippen molar-refractivity contribution in [3.63, 3.8) is 0 Å². The van der Waals surface area contributed by atoms with Crippen LogP contribution in [0.5, 0.6) is 0 Å². The first-order chi connectivity index (χ1) is 17.0. The van der Waals surface area contributed by atoms with E-state index >= 15 is 0 Å². The van der Waals surface area contributed by atoms with Crippen LogP contribution >= 0.6 is 15.9 Å². The van der Waals surface area contributed by atoms with Gasteiger partial charge in [-0.25, -0.2) is 0 Å². The molecule has 0 aromatic rings. The summed E-state index contributed by atoms with van der Waals surface area (Å²) in [5.74, 6) is 0.264. The Bertz CT molecular complexity index is 1060. The van der Waals surface area contributed by atoms with E-state index in [-0.39, 0.29) is 34.4 Å². The van der Waals surface area contributed by atoms with E-state index in [2.05, 4.69) is 42.5 Å². The second-order valence-corrected chi connectivity index (χ2v) is 19.2. The third-order valence-corrected chi connectivity index (χ3v) is 14.2. The van der Waals surface area contributed by atoms with Crippen LogP contribution in [0.1, 0.15) is 45.4 Å². The zero-order valence-corrected chi connectivity index (χ0v) is 24.0. The average Bonchev–Trinajstić information content (AvgIpc) is 3.10. The highest BCUT2D eigenvalue weighted by Crippen LogP contribution is 2.89. The van der Waals surface area contributed by atoms with Gasteiger partial charge >= 0.3 is 0 Å². The van der Waals surface area contributed by atoms with Crippen molar-refractivity contribution in [2.45, 2.75) is 106 Å². The van der Waals surface area contributed by atoms with Gasteiger partial charge in [0.2, 0.25) is 12.8 Å². The molecule has 0 radical (unpaired) electrons. The van der Waals surface area contributed by atoms with Crippen molar-refractivity contribution in [3.05, 3.63) is 0 Å². The fraction of sp³-hybridized carbons (Fsp3) is 0.923. The second-order valence-electron chi connectivity index (χ2n) is 13.9. The van der Waals surface area contributed by atoms with E-state index in [4.69, 9.17) is 23.4 Å². The Morgan fingerprint density at radius 1 is 1.14 bits per heavy atom. The lowest BCUT2D eigenvalue weighted by Crippen LogP contribution is -2.82. The molecule has 4 bridgehead atoms. The smallest absolute Gasteiger partial charge is 0.243 e. The van der Waals surface area contributed by atoms with Gasteiger partial charge in [0.1, 0.15) is 5.78 Å². The Labute approximate surface area is 221 Å². The molecule has 9 rings (SSSR count). The standard InChI is InChI=1S/C26H36BrNO7Si/c1-22-12-17(30)25-15(14(22)6-8-24(22)31-9-10-32-24)5-7-23-11-16-18(35-36(2,3)4)19(26(23,25)20(25)27)33-21(34-23)28(16)13-29/h13-16,18-21H,5-12H2,1-4H3/t14-,15-,16-,18+,19+,20+,21+,22-,23+,25+,26+/m0/s1. The fourth-order valence-corrected chi connectivity index (χ4v) is 13.8. The second kappa shape index (κ2) is 6.67. The van der Waals surface area contributed by atoms with E-state index in [9.17, 15) is 9.59 Å². The molecule has 36 heavy (non-hydrogen) atoms. The maximum Gasteiger partial charge on any atom is 0.243 e. The first-order valence-corrected chi connectivity index (χ1v) is 18.0. The maximum absolute atomic E-state index is 14.6. The van der Waals surface area contributed by atoms with Crippen LogP contribution in [0.25, 0.3) is 0 Å². The van der Waals surface area contributed by atoms with Gasteiger partial charge in [0.05, 0.1) is 47.9 Å². The Morgan fingerprint density at radius 3 is 2.56 bits per heavy atom. The summed E-state index contributed by atoms with van der Waals surface area (Å²) in [5.41, 5.74) is -1.80. The minimum atomic E-state index is -1.97. The number of hydrogen-bond acceptors (Lipinski definition) is 7. The highest BCUT2D eigenvalue weighted by molar-refractivity contribution is 9.09. The molecular weight excluding hydrogens is 546 g/mol. The zero-order chi connectivity index (χ0) is 25.1. The van der Waals surface area contributed by atoms with Gasteiger partial charge in [0.25, 0.3) is 0 Å². The molecule has 5 saturated carbocycles. The number of hydrogen-bond donors (Lipinski definition) is 0. The van der Waals surface area contributed by atoms with Gasteiger partial charge in [-0.1, -0.05) is 22.9 Å². The predicted molar refractivity (Wildman–Crippen MR) is 132 cm³/mol. The number of alkyl halides is 1. The summed E-state index contributed by atoms with van der Waals surface area (Å²) in [6.45, 7) is 10.0. The number of ether oxygens (including phenoxy) is 4. The third-order valence-electron chi connectivity index (χ3n) is 11.8. The summed E-state index contributed by atoms with van der Waals surface area (Å²) in [6.07, 6.45) is 4.53. The molecule has 9 aliphatic rings. The van der Waals surface area contributed by atoms with Gasteiger partial charge in [-0.3, -0.25) is 14.5 Å². The molecule has 0 N–H and O–H groups in total. The summed E-state index contributed by atoms with van der Waals surface area (Å²) in [5, 5.41) is 0. The molecule has 4 spiro atoms. The van der Waals surface area contributed by atoms with Crippen LogP contribution in [0.15, 0.2) is 0 Å². The van der Waals surface area contributed by atoms with Crippen LogP contribution in [-0.4, -0.2) is 79.5 Å². The van der Waals surface area contributed by atoms with Crippen LogP contribution in [-0.2, 0) is 33.0 Å². The van der Waals surface area contributed by atoms with E-state index in [0.29, 0.717) is 37.8 Å². The molecular formula is C26H36BrNO7Si. The highest BCUT2D eigenvalue weighted by Gasteiger charge is 2.98. The Hall–Kier alpha value is -0.363. The number of nitrogens with zero attached hydrogens (tertiary/aromatic N) is 1. The van der Waals surface area contributed by atoms with E-state index in [1.165, 1.54) is 0 Å². The molecule has 9 fully saturated rings. The molecule has 4 heterocycles. The monoisotopic (exact) mass is 581 g/mol. The lowest BCUT2D eigenvalue weighted by atomic mass is 9.47. The highest BCUT2D eigenvalue weighted by atomic mass is 79.9. The van der Waals surface area contributed by atoms with E-state index in [0.717, 1.165) is 32.1 Å². The van der Waals surface area contributed by atoms with Gasteiger partial charge in [-0.2, -0.15) is 0 Å². The first-order valence-electron chi connectivity index (χ1n) is 13.7. The number of Topliss-reactive ketones (excluding diaryl/α,β-unsaturated/α-hetero) is 1. The van der Waals surface area contributed by atoms with E-state index in [1.807, 2.05) is 0 Å². The van der Waals surface area contributed by atoms with Crippen molar-refractivity contribution >= 4 is 36.4 Å². The number of rotatable bonds is 3. The first kappa shape index (κ1) is 23.5. The normalized spacial score (nSPS) is 57.4.